The first-order chi connectivity index (χ1) is 29.3. The summed E-state index contributed by atoms with van der Waals surface area (Å²) >= 11 is 0. The van der Waals surface area contributed by atoms with E-state index in [1.807, 2.05) is 0 Å². The molecule has 2 N–H and O–H groups in total. The number of carbonyl (C=O) groups excluding carboxylic acids is 1. The van der Waals surface area contributed by atoms with Gasteiger partial charge in [0.15, 0.2) is 5.82 Å². The van der Waals surface area contributed by atoms with Gasteiger partial charge in [0, 0.05) is 49.0 Å². The minimum absolute atomic E-state index is 0.00191. The lowest BCUT2D eigenvalue weighted by atomic mass is 10.0. The average molecular weight is 877 g/mol. The highest BCUT2D eigenvalue weighted by Gasteiger charge is 2.67. The Hall–Kier alpha value is -6.64. The van der Waals surface area contributed by atoms with E-state index in [0.29, 0.717) is 38.6 Å². The number of hydrogen-bond donors (Lipinski definition) is 2. The van der Waals surface area contributed by atoms with Crippen molar-refractivity contribution in [2.75, 3.05) is 11.0 Å². The maximum absolute atomic E-state index is 15.5. The van der Waals surface area contributed by atoms with Crippen LogP contribution in [0, 0.1) is 31.4 Å². The molecule has 4 aromatic heterocycles. The molecule has 3 atom stereocenters. The molecule has 1 fully saturated rings. The zero-order valence-corrected chi connectivity index (χ0v) is 33.9. The van der Waals surface area contributed by atoms with Crippen molar-refractivity contribution in [1.82, 2.24) is 44.4 Å². The second-order valence-electron chi connectivity index (χ2n) is 15.6. The van der Waals surface area contributed by atoms with Crippen molar-refractivity contribution in [3.8, 4) is 16.9 Å². The second-order valence-corrected chi connectivity index (χ2v) is 17.3. The fourth-order valence-corrected chi connectivity index (χ4v) is 9.11. The molecule has 0 spiro atoms. The van der Waals surface area contributed by atoms with Gasteiger partial charge in [0.25, 0.3) is 17.9 Å². The van der Waals surface area contributed by atoms with Crippen molar-refractivity contribution < 1.29 is 39.6 Å². The van der Waals surface area contributed by atoms with E-state index in [1.165, 1.54) is 30.2 Å². The quantitative estimate of drug-likeness (QED) is 0.139. The summed E-state index contributed by atoms with van der Waals surface area (Å²) < 4.78 is 119. The number of benzene rings is 3. The summed E-state index contributed by atoms with van der Waals surface area (Å²) in [4.78, 5) is 42.8. The maximum atomic E-state index is 15.5. The van der Waals surface area contributed by atoms with Crippen LogP contribution < -0.4 is 15.6 Å². The van der Waals surface area contributed by atoms with Crippen LogP contribution in [0.4, 0.5) is 32.2 Å². The first-order valence-electron chi connectivity index (χ1n) is 19.1. The minimum atomic E-state index is -3.86. The van der Waals surface area contributed by atoms with Gasteiger partial charge < -0.3 is 5.32 Å². The van der Waals surface area contributed by atoms with Gasteiger partial charge in [-0.15, -0.1) is 0 Å². The van der Waals surface area contributed by atoms with E-state index in [-0.39, 0.29) is 51.3 Å². The van der Waals surface area contributed by atoms with Crippen LogP contribution >= 0.6 is 0 Å². The molecule has 21 heteroatoms. The Bertz CT molecular complexity index is 3180. The Morgan fingerprint density at radius 2 is 1.73 bits per heavy atom. The molecule has 62 heavy (non-hydrogen) atoms. The van der Waals surface area contributed by atoms with Crippen molar-refractivity contribution in [2.24, 2.45) is 13.0 Å². The standard InChI is InChI=1S/C41H34F6N10O4S/c1-18-5-8-29(35-31(18)38(53-55(35)3)54-62(4,60)61)57-39(51-27-14-21(6-7-24(27)40(57)59)33-19(2)48-9-10-49-33)28(13-20-11-22(42)15-23(43)12-20)50-30(58)17-56-36-32(34(52-56)37(44)45)25-16-26(25)41(36,46)47/h5-12,14-15,25-26,28,37H,13,16-17H2,1-4H3,(H,50,58)(H,53,54)/t25-,26+,28?/m0/s1. The SMILES string of the molecule is Cc1nccnc1-c1ccc2c(=O)n(-c3ccc(C)c4c(NS(C)(=O)=O)nn(C)c34)c(C(Cc3cc(F)cc(F)c3)NC(=O)Cn3nc(C(F)F)c4c3C(F)(F)[C@@H]3C[C@H]43)nc2c1. The smallest absolute Gasteiger partial charge is 0.293 e. The average Bonchev–Trinajstić information content (AvgIpc) is 3.73. The number of amides is 1. The highest BCUT2D eigenvalue weighted by Crippen LogP contribution is 2.68. The third-order valence-corrected chi connectivity index (χ3v) is 11.8. The van der Waals surface area contributed by atoms with Gasteiger partial charge in [0.1, 0.15) is 35.4 Å². The molecule has 0 aliphatic heterocycles. The zero-order valence-electron chi connectivity index (χ0n) is 33.1. The van der Waals surface area contributed by atoms with Crippen LogP contribution in [0.5, 0.6) is 0 Å². The molecule has 2 aliphatic rings. The highest BCUT2D eigenvalue weighted by molar-refractivity contribution is 7.92. The molecule has 9 rings (SSSR count). The molecule has 1 unspecified atom stereocenters. The lowest BCUT2D eigenvalue weighted by molar-refractivity contribution is -0.123. The van der Waals surface area contributed by atoms with Gasteiger partial charge in [-0.05, 0) is 67.6 Å². The Balaban J connectivity index is 1.26. The third kappa shape index (κ3) is 6.92. The van der Waals surface area contributed by atoms with Crippen LogP contribution in [0.15, 0.2) is 65.7 Å². The second kappa shape index (κ2) is 14.5. The van der Waals surface area contributed by atoms with Crippen LogP contribution in [-0.4, -0.2) is 59.7 Å². The van der Waals surface area contributed by atoms with Crippen molar-refractivity contribution in [1.29, 1.82) is 0 Å². The van der Waals surface area contributed by atoms with Gasteiger partial charge in [0.2, 0.25) is 15.9 Å². The first-order valence-corrected chi connectivity index (χ1v) is 21.0. The number of nitrogens with zero attached hydrogens (tertiary/aromatic N) is 8. The summed E-state index contributed by atoms with van der Waals surface area (Å²) in [5.74, 6) is -8.80. The number of nitrogens with one attached hydrogen (secondary N) is 2. The number of carbonyl (C=O) groups is 1. The van der Waals surface area contributed by atoms with Gasteiger partial charge in [-0.1, -0.05) is 12.1 Å². The maximum Gasteiger partial charge on any atom is 0.293 e. The Morgan fingerprint density at radius 1 is 1.00 bits per heavy atom. The summed E-state index contributed by atoms with van der Waals surface area (Å²) in [6.45, 7) is 2.46. The predicted octanol–water partition coefficient (Wildman–Crippen LogP) is 6.44. The van der Waals surface area contributed by atoms with Crippen LogP contribution in [0.2, 0.25) is 0 Å². The van der Waals surface area contributed by atoms with Crippen molar-refractivity contribution in [3.63, 3.8) is 0 Å². The molecule has 1 amide bonds. The number of hydrogen-bond acceptors (Lipinski definition) is 9. The van der Waals surface area contributed by atoms with Gasteiger partial charge in [-0.2, -0.15) is 19.0 Å². The zero-order chi connectivity index (χ0) is 44.2. The Kier molecular flexibility index (Phi) is 9.52. The number of aryl methyl sites for hydroxylation is 3. The van der Waals surface area contributed by atoms with Crippen molar-refractivity contribution in [2.45, 2.75) is 57.5 Å². The molecule has 1 saturated carbocycles. The highest BCUT2D eigenvalue weighted by atomic mass is 32.2. The Morgan fingerprint density at radius 3 is 2.42 bits per heavy atom. The van der Waals surface area contributed by atoms with Gasteiger partial charge in [-0.3, -0.25) is 38.2 Å². The molecule has 3 aromatic carbocycles. The number of rotatable bonds is 11. The molecule has 0 radical (unpaired) electrons. The number of alkyl halides is 4. The summed E-state index contributed by atoms with van der Waals surface area (Å²) in [5.41, 5.74) is -0.110. The predicted molar refractivity (Wildman–Crippen MR) is 213 cm³/mol. The van der Waals surface area contributed by atoms with Crippen LogP contribution in [0.25, 0.3) is 38.8 Å². The van der Waals surface area contributed by atoms with Crippen molar-refractivity contribution in [3.05, 3.63) is 123 Å². The molecule has 7 aromatic rings. The summed E-state index contributed by atoms with van der Waals surface area (Å²) in [6, 6.07) is 9.01. The van der Waals surface area contributed by atoms with Gasteiger partial charge in [0.05, 0.1) is 51.2 Å². The van der Waals surface area contributed by atoms with E-state index < -0.39 is 87.7 Å². The number of anilines is 1. The molecule has 4 heterocycles. The first kappa shape index (κ1) is 40.7. The molecule has 320 valence electrons. The van der Waals surface area contributed by atoms with Gasteiger partial charge in [-0.25, -0.2) is 31.0 Å². The largest absolute Gasteiger partial charge is 0.344 e. The van der Waals surface area contributed by atoms with E-state index in [1.54, 1.807) is 38.1 Å². The molecule has 2 aliphatic carbocycles. The summed E-state index contributed by atoms with van der Waals surface area (Å²) in [5, 5.41) is 11.2. The third-order valence-electron chi connectivity index (χ3n) is 11.2. The van der Waals surface area contributed by atoms with E-state index in [2.05, 4.69) is 30.2 Å². The number of sulfonamides is 1. The summed E-state index contributed by atoms with van der Waals surface area (Å²) in [7, 11) is -2.34. The summed E-state index contributed by atoms with van der Waals surface area (Å²) in [6.07, 6.45) is 0.290. The number of fused-ring (bicyclic) bond motifs is 5. The van der Waals surface area contributed by atoms with Crippen LogP contribution in [0.3, 0.4) is 0 Å². The molecular weight excluding hydrogens is 843 g/mol. The van der Waals surface area contributed by atoms with E-state index in [4.69, 9.17) is 4.98 Å². The number of aromatic nitrogens is 8. The van der Waals surface area contributed by atoms with Crippen LogP contribution in [-0.2, 0) is 40.8 Å². The monoisotopic (exact) mass is 876 g/mol. The van der Waals surface area contributed by atoms with Crippen LogP contribution in [0.1, 0.15) is 64.4 Å². The topological polar surface area (TPSA) is 172 Å². The molecule has 0 bridgehead atoms. The van der Waals surface area contributed by atoms with E-state index >= 15 is 13.6 Å². The molecule has 14 nitrogen and oxygen atoms in total. The molecule has 0 saturated heterocycles. The van der Waals surface area contributed by atoms with Crippen molar-refractivity contribution >= 4 is 43.6 Å². The normalized spacial score (nSPS) is 17.1. The van der Waals surface area contributed by atoms with E-state index in [0.717, 1.165) is 23.0 Å². The fourth-order valence-electron chi connectivity index (χ4n) is 8.62. The van der Waals surface area contributed by atoms with E-state index in [9.17, 15) is 30.8 Å². The fraction of sp³-hybridized carbons (Fsp3) is 0.293. The molecular formula is C41H34F6N10O4S. The Labute approximate surface area is 347 Å². The minimum Gasteiger partial charge on any atom is -0.344 e. The lowest BCUT2D eigenvalue weighted by Gasteiger charge is -2.24. The lowest BCUT2D eigenvalue weighted by Crippen LogP contribution is -2.38. The number of halogens is 6. The van der Waals surface area contributed by atoms with Gasteiger partial charge >= 0.3 is 0 Å².